The van der Waals surface area contributed by atoms with Crippen molar-refractivity contribution in [2.75, 3.05) is 6.54 Å². The van der Waals surface area contributed by atoms with E-state index in [0.29, 0.717) is 17.3 Å². The van der Waals surface area contributed by atoms with Gasteiger partial charge in [-0.1, -0.05) is 0 Å². The van der Waals surface area contributed by atoms with Gasteiger partial charge in [0.25, 0.3) is 10.0 Å². The Morgan fingerprint density at radius 3 is 2.69 bits per heavy atom. The Morgan fingerprint density at radius 2 is 2.25 bits per heavy atom. The zero-order valence-electron chi connectivity index (χ0n) is 8.44. The van der Waals surface area contributed by atoms with Gasteiger partial charge >= 0.3 is 0 Å². The van der Waals surface area contributed by atoms with Crippen LogP contribution in [0.2, 0.25) is 0 Å². The third-order valence-corrected chi connectivity index (χ3v) is 6.78. The van der Waals surface area contributed by atoms with Crippen molar-refractivity contribution < 1.29 is 13.5 Å². The van der Waals surface area contributed by atoms with Gasteiger partial charge in [0.2, 0.25) is 0 Å². The molecule has 7 heteroatoms. The number of nitrogens with one attached hydrogen (secondary N) is 1. The van der Waals surface area contributed by atoms with Gasteiger partial charge in [-0.25, -0.2) is 13.1 Å². The van der Waals surface area contributed by atoms with Crippen molar-refractivity contribution in [3.8, 4) is 0 Å². The summed E-state index contributed by atoms with van der Waals surface area (Å²) in [4.78, 5) is 0. The molecule has 1 heterocycles. The molecule has 4 nitrogen and oxygen atoms in total. The van der Waals surface area contributed by atoms with Crippen LogP contribution in [0, 0.1) is 0 Å². The summed E-state index contributed by atoms with van der Waals surface area (Å²) >= 11 is 4.34. The molecule has 1 aliphatic carbocycles. The zero-order valence-corrected chi connectivity index (χ0v) is 11.7. The number of halogens is 1. The molecular formula is C9H12BrNO3S2. The van der Waals surface area contributed by atoms with E-state index in [0.717, 1.165) is 17.8 Å². The monoisotopic (exact) mass is 325 g/mol. The molecule has 1 aromatic rings. The van der Waals surface area contributed by atoms with Crippen molar-refractivity contribution in [3.63, 3.8) is 0 Å². The van der Waals surface area contributed by atoms with Gasteiger partial charge in [-0.3, -0.25) is 0 Å². The third-order valence-electron chi connectivity index (χ3n) is 2.70. The standard InChI is InChI=1S/C9H12BrNO3S2/c10-7-2-5-15-8(7)16(13,14)11-6-9(12)3-1-4-9/h2,5,11-12H,1,3-4,6H2. The van der Waals surface area contributed by atoms with Crippen LogP contribution in [0.15, 0.2) is 20.1 Å². The molecule has 1 aromatic heterocycles. The minimum atomic E-state index is -3.50. The Hall–Kier alpha value is 0.0500. The highest BCUT2D eigenvalue weighted by atomic mass is 79.9. The summed E-state index contributed by atoms with van der Waals surface area (Å²) < 4.78 is 27.0. The summed E-state index contributed by atoms with van der Waals surface area (Å²) in [5, 5.41) is 11.5. The zero-order chi connectivity index (χ0) is 11.8. The molecule has 1 fully saturated rings. The van der Waals surface area contributed by atoms with E-state index >= 15 is 0 Å². The quantitative estimate of drug-likeness (QED) is 0.885. The van der Waals surface area contributed by atoms with Crippen LogP contribution in [-0.4, -0.2) is 25.7 Å². The summed E-state index contributed by atoms with van der Waals surface area (Å²) in [6.45, 7) is 0.0969. The lowest BCUT2D eigenvalue weighted by atomic mass is 9.81. The second-order valence-electron chi connectivity index (χ2n) is 3.96. The second-order valence-corrected chi connectivity index (χ2v) is 7.69. The Balaban J connectivity index is 2.06. The van der Waals surface area contributed by atoms with Crippen molar-refractivity contribution in [1.29, 1.82) is 0 Å². The van der Waals surface area contributed by atoms with Gasteiger partial charge in [-0.2, -0.15) is 0 Å². The Bertz CT molecular complexity index is 479. The highest BCUT2D eigenvalue weighted by Gasteiger charge is 2.35. The first-order chi connectivity index (χ1) is 7.43. The van der Waals surface area contributed by atoms with E-state index < -0.39 is 15.6 Å². The van der Waals surface area contributed by atoms with Crippen molar-refractivity contribution in [2.24, 2.45) is 0 Å². The van der Waals surface area contributed by atoms with E-state index in [1.165, 1.54) is 0 Å². The lowest BCUT2D eigenvalue weighted by molar-refractivity contribution is -0.0270. The maximum Gasteiger partial charge on any atom is 0.251 e. The Morgan fingerprint density at radius 1 is 1.56 bits per heavy atom. The number of hydrogen-bond donors (Lipinski definition) is 2. The van der Waals surface area contributed by atoms with E-state index in [-0.39, 0.29) is 10.8 Å². The summed E-state index contributed by atoms with van der Waals surface area (Å²) in [5.74, 6) is 0. The van der Waals surface area contributed by atoms with Crippen LogP contribution in [0.4, 0.5) is 0 Å². The fourth-order valence-corrected chi connectivity index (χ4v) is 5.03. The SMILES string of the molecule is O=S(=O)(NCC1(O)CCC1)c1sccc1Br. The molecule has 90 valence electrons. The summed E-state index contributed by atoms with van der Waals surface area (Å²) in [6, 6.07) is 1.69. The van der Waals surface area contributed by atoms with Gasteiger partial charge in [-0.05, 0) is 46.6 Å². The van der Waals surface area contributed by atoms with Crippen LogP contribution >= 0.6 is 27.3 Å². The molecule has 0 aromatic carbocycles. The molecule has 0 amide bonds. The molecule has 0 saturated heterocycles. The molecule has 1 aliphatic rings. The van der Waals surface area contributed by atoms with Gasteiger partial charge < -0.3 is 5.11 Å². The second kappa shape index (κ2) is 4.38. The van der Waals surface area contributed by atoms with Gasteiger partial charge in [0.15, 0.2) is 0 Å². The Kier molecular flexibility index (Phi) is 3.42. The first-order valence-corrected chi connectivity index (χ1v) is 8.04. The smallest absolute Gasteiger partial charge is 0.251 e. The van der Waals surface area contributed by atoms with Crippen LogP contribution in [0.25, 0.3) is 0 Å². The van der Waals surface area contributed by atoms with Crippen LogP contribution in [0.5, 0.6) is 0 Å². The minimum absolute atomic E-state index is 0.0969. The highest BCUT2D eigenvalue weighted by Crippen LogP contribution is 2.32. The molecule has 2 rings (SSSR count). The number of rotatable bonds is 4. The molecule has 0 radical (unpaired) electrons. The first kappa shape index (κ1) is 12.5. The topological polar surface area (TPSA) is 66.4 Å². The fraction of sp³-hybridized carbons (Fsp3) is 0.556. The Labute approximate surface area is 107 Å². The molecule has 2 N–H and O–H groups in total. The first-order valence-electron chi connectivity index (χ1n) is 4.88. The highest BCUT2D eigenvalue weighted by molar-refractivity contribution is 9.10. The summed E-state index contributed by atoms with van der Waals surface area (Å²) in [6.07, 6.45) is 2.29. The van der Waals surface area contributed by atoms with Crippen molar-refractivity contribution >= 4 is 37.3 Å². The lowest BCUT2D eigenvalue weighted by Crippen LogP contribution is -2.47. The maximum atomic E-state index is 11.9. The number of aliphatic hydroxyl groups is 1. The third kappa shape index (κ3) is 2.48. The number of sulfonamides is 1. The van der Waals surface area contributed by atoms with E-state index in [1.807, 2.05) is 0 Å². The average Bonchev–Trinajstić information content (AvgIpc) is 2.59. The molecular weight excluding hydrogens is 314 g/mol. The molecule has 1 saturated carbocycles. The van der Waals surface area contributed by atoms with Gasteiger partial charge in [0, 0.05) is 11.0 Å². The summed E-state index contributed by atoms with van der Waals surface area (Å²) in [7, 11) is -3.50. The summed E-state index contributed by atoms with van der Waals surface area (Å²) in [5.41, 5.74) is -0.837. The van der Waals surface area contributed by atoms with E-state index in [4.69, 9.17) is 0 Å². The van der Waals surface area contributed by atoms with E-state index in [9.17, 15) is 13.5 Å². The van der Waals surface area contributed by atoms with E-state index in [2.05, 4.69) is 20.7 Å². The van der Waals surface area contributed by atoms with Crippen LogP contribution < -0.4 is 4.72 Å². The number of hydrogen-bond acceptors (Lipinski definition) is 4. The molecule has 0 bridgehead atoms. The average molecular weight is 326 g/mol. The molecule has 16 heavy (non-hydrogen) atoms. The van der Waals surface area contributed by atoms with Crippen LogP contribution in [0.3, 0.4) is 0 Å². The predicted molar refractivity (Wildman–Crippen MR) is 66.0 cm³/mol. The fourth-order valence-electron chi connectivity index (χ4n) is 1.53. The van der Waals surface area contributed by atoms with Crippen LogP contribution in [0.1, 0.15) is 19.3 Å². The maximum absolute atomic E-state index is 11.9. The van der Waals surface area contributed by atoms with Crippen molar-refractivity contribution in [2.45, 2.75) is 29.1 Å². The normalized spacial score (nSPS) is 19.4. The van der Waals surface area contributed by atoms with Gasteiger partial charge in [-0.15, -0.1) is 11.3 Å². The van der Waals surface area contributed by atoms with E-state index in [1.54, 1.807) is 11.4 Å². The molecule has 0 atom stereocenters. The number of thiophene rings is 1. The lowest BCUT2D eigenvalue weighted by Gasteiger charge is -2.36. The minimum Gasteiger partial charge on any atom is -0.389 e. The molecule has 0 spiro atoms. The molecule has 0 aliphatic heterocycles. The predicted octanol–water partition coefficient (Wildman–Crippen LogP) is 1.70. The molecule has 0 unspecified atom stereocenters. The van der Waals surface area contributed by atoms with Gasteiger partial charge in [0.1, 0.15) is 4.21 Å². The largest absolute Gasteiger partial charge is 0.389 e. The van der Waals surface area contributed by atoms with Crippen LogP contribution in [-0.2, 0) is 10.0 Å². The van der Waals surface area contributed by atoms with Gasteiger partial charge in [0.05, 0.1) is 5.60 Å². The van der Waals surface area contributed by atoms with Crippen molar-refractivity contribution in [1.82, 2.24) is 4.72 Å². The van der Waals surface area contributed by atoms with Crippen molar-refractivity contribution in [3.05, 3.63) is 15.9 Å².